The number of nitrogens with one attached hydrogen (secondary N) is 1. The number of rotatable bonds is 7. The van der Waals surface area contributed by atoms with Crippen LogP contribution in [-0.4, -0.2) is 4.92 Å². The minimum Gasteiger partial charge on any atom is -0.303 e. The van der Waals surface area contributed by atoms with Crippen LogP contribution >= 0.6 is 11.6 Å². The van der Waals surface area contributed by atoms with Crippen molar-refractivity contribution in [3.8, 4) is 0 Å². The number of nitro groups is 1. The van der Waals surface area contributed by atoms with Crippen molar-refractivity contribution < 1.29 is 4.92 Å². The minimum absolute atomic E-state index is 0.115. The number of non-ortho nitro benzene ring substituents is 1. The molecule has 0 heterocycles. The smallest absolute Gasteiger partial charge is 0.269 e. The fourth-order valence-corrected chi connectivity index (χ4v) is 2.91. The minimum atomic E-state index is -0.382. The summed E-state index contributed by atoms with van der Waals surface area (Å²) >= 11 is 5.99. The van der Waals surface area contributed by atoms with Gasteiger partial charge in [0.1, 0.15) is 0 Å². The number of nitro benzene ring substituents is 1. The van der Waals surface area contributed by atoms with Gasteiger partial charge in [0.15, 0.2) is 0 Å². The number of benzene rings is 2. The Hall–Kier alpha value is -1.91. The summed E-state index contributed by atoms with van der Waals surface area (Å²) in [7, 11) is 0. The lowest BCUT2D eigenvalue weighted by Gasteiger charge is -2.34. The van der Waals surface area contributed by atoms with Crippen LogP contribution in [0.1, 0.15) is 37.8 Å². The van der Waals surface area contributed by atoms with Crippen LogP contribution in [0.25, 0.3) is 0 Å². The molecule has 122 valence electrons. The Morgan fingerprint density at radius 2 is 1.61 bits per heavy atom. The SMILES string of the molecule is CCC(CC)(NCc1ccc([N+](=O)[O-])cc1)c1ccc(Cl)cc1. The van der Waals surface area contributed by atoms with Crippen LogP contribution in [0, 0.1) is 10.1 Å². The largest absolute Gasteiger partial charge is 0.303 e. The van der Waals surface area contributed by atoms with E-state index < -0.39 is 0 Å². The highest BCUT2D eigenvalue weighted by Gasteiger charge is 2.27. The Kier molecular flexibility index (Phi) is 5.74. The molecule has 2 aromatic rings. The lowest BCUT2D eigenvalue weighted by atomic mass is 9.84. The molecule has 2 rings (SSSR count). The maximum atomic E-state index is 10.7. The van der Waals surface area contributed by atoms with Crippen molar-refractivity contribution in [2.45, 2.75) is 38.8 Å². The molecule has 0 unspecified atom stereocenters. The quantitative estimate of drug-likeness (QED) is 0.570. The van der Waals surface area contributed by atoms with Crippen LogP contribution < -0.4 is 5.32 Å². The Morgan fingerprint density at radius 3 is 2.09 bits per heavy atom. The molecule has 0 spiro atoms. The van der Waals surface area contributed by atoms with Gasteiger partial charge in [-0.1, -0.05) is 49.7 Å². The van der Waals surface area contributed by atoms with Gasteiger partial charge < -0.3 is 5.32 Å². The summed E-state index contributed by atoms with van der Waals surface area (Å²) in [6.07, 6.45) is 1.89. The Balaban J connectivity index is 2.16. The lowest BCUT2D eigenvalue weighted by molar-refractivity contribution is -0.384. The summed E-state index contributed by atoms with van der Waals surface area (Å²) in [6.45, 7) is 4.96. The van der Waals surface area contributed by atoms with E-state index in [1.807, 2.05) is 12.1 Å². The highest BCUT2D eigenvalue weighted by atomic mass is 35.5. The van der Waals surface area contributed by atoms with E-state index >= 15 is 0 Å². The summed E-state index contributed by atoms with van der Waals surface area (Å²) in [5, 5.41) is 15.1. The number of hydrogen-bond acceptors (Lipinski definition) is 3. The van der Waals surface area contributed by atoms with E-state index in [1.165, 1.54) is 5.56 Å². The van der Waals surface area contributed by atoms with Crippen LogP contribution in [0.5, 0.6) is 0 Å². The van der Waals surface area contributed by atoms with Crippen LogP contribution in [0.2, 0.25) is 5.02 Å². The van der Waals surface area contributed by atoms with E-state index in [4.69, 9.17) is 11.6 Å². The molecule has 0 aliphatic heterocycles. The van der Waals surface area contributed by atoms with Gasteiger partial charge >= 0.3 is 0 Å². The van der Waals surface area contributed by atoms with Crippen molar-refractivity contribution in [1.29, 1.82) is 0 Å². The summed E-state index contributed by atoms with van der Waals surface area (Å²) in [6, 6.07) is 14.6. The van der Waals surface area contributed by atoms with Gasteiger partial charge in [0.25, 0.3) is 5.69 Å². The number of nitrogens with zero attached hydrogens (tertiary/aromatic N) is 1. The lowest BCUT2D eigenvalue weighted by Crippen LogP contribution is -2.40. The van der Waals surface area contributed by atoms with Crippen molar-refractivity contribution in [2.24, 2.45) is 0 Å². The van der Waals surface area contributed by atoms with E-state index in [2.05, 4.69) is 31.3 Å². The normalized spacial score (nSPS) is 11.4. The average molecular weight is 333 g/mol. The zero-order valence-corrected chi connectivity index (χ0v) is 14.1. The van der Waals surface area contributed by atoms with E-state index in [0.29, 0.717) is 6.54 Å². The third kappa shape index (κ3) is 4.09. The van der Waals surface area contributed by atoms with Gasteiger partial charge in [0.05, 0.1) is 4.92 Å². The molecular weight excluding hydrogens is 312 g/mol. The predicted octanol–water partition coefficient (Wildman–Crippen LogP) is 5.05. The molecule has 0 atom stereocenters. The first kappa shape index (κ1) is 17.4. The standard InChI is InChI=1S/C18H21ClN2O2/c1-3-18(4-2,15-7-9-16(19)10-8-15)20-13-14-5-11-17(12-6-14)21(22)23/h5-12,20H,3-4,13H2,1-2H3. The summed E-state index contributed by atoms with van der Waals surface area (Å²) in [5.74, 6) is 0. The molecule has 0 fully saturated rings. The van der Waals surface area contributed by atoms with Gasteiger partial charge in [-0.15, -0.1) is 0 Å². The maximum absolute atomic E-state index is 10.7. The first-order chi connectivity index (χ1) is 11.0. The van der Waals surface area contributed by atoms with Crippen LogP contribution in [0.3, 0.4) is 0 Å². The number of halogens is 1. The zero-order chi connectivity index (χ0) is 16.9. The van der Waals surface area contributed by atoms with E-state index in [-0.39, 0.29) is 16.1 Å². The fraction of sp³-hybridized carbons (Fsp3) is 0.333. The monoisotopic (exact) mass is 332 g/mol. The van der Waals surface area contributed by atoms with Gasteiger partial charge in [-0.05, 0) is 36.1 Å². The van der Waals surface area contributed by atoms with Gasteiger partial charge in [-0.25, -0.2) is 0 Å². The average Bonchev–Trinajstić information content (AvgIpc) is 2.58. The van der Waals surface area contributed by atoms with Crippen LogP contribution in [-0.2, 0) is 12.1 Å². The molecule has 0 bridgehead atoms. The third-order valence-corrected chi connectivity index (χ3v) is 4.63. The van der Waals surface area contributed by atoms with Crippen molar-refractivity contribution >= 4 is 17.3 Å². The Labute approximate surface area is 141 Å². The molecule has 5 heteroatoms. The Morgan fingerprint density at radius 1 is 1.04 bits per heavy atom. The molecule has 0 aromatic heterocycles. The highest BCUT2D eigenvalue weighted by Crippen LogP contribution is 2.30. The topological polar surface area (TPSA) is 55.2 Å². The van der Waals surface area contributed by atoms with Crippen molar-refractivity contribution in [3.63, 3.8) is 0 Å². The molecule has 0 aliphatic rings. The summed E-state index contributed by atoms with van der Waals surface area (Å²) in [5.41, 5.74) is 2.21. The van der Waals surface area contributed by atoms with Crippen LogP contribution in [0.15, 0.2) is 48.5 Å². The molecular formula is C18H21ClN2O2. The molecule has 0 aliphatic carbocycles. The second kappa shape index (κ2) is 7.57. The first-order valence-electron chi connectivity index (χ1n) is 7.75. The van der Waals surface area contributed by atoms with Gasteiger partial charge in [-0.3, -0.25) is 10.1 Å². The summed E-state index contributed by atoms with van der Waals surface area (Å²) < 4.78 is 0. The Bertz CT molecular complexity index is 650. The second-order valence-corrected chi connectivity index (χ2v) is 6.01. The highest BCUT2D eigenvalue weighted by molar-refractivity contribution is 6.30. The molecule has 0 radical (unpaired) electrons. The van der Waals surface area contributed by atoms with Gasteiger partial charge in [0, 0.05) is 29.2 Å². The van der Waals surface area contributed by atoms with E-state index in [0.717, 1.165) is 23.4 Å². The van der Waals surface area contributed by atoms with E-state index in [1.54, 1.807) is 24.3 Å². The molecule has 2 aromatic carbocycles. The van der Waals surface area contributed by atoms with Crippen molar-refractivity contribution in [1.82, 2.24) is 5.32 Å². The van der Waals surface area contributed by atoms with Gasteiger partial charge in [0.2, 0.25) is 0 Å². The predicted molar refractivity (Wildman–Crippen MR) is 93.6 cm³/mol. The van der Waals surface area contributed by atoms with Crippen molar-refractivity contribution in [2.75, 3.05) is 0 Å². The summed E-state index contributed by atoms with van der Waals surface area (Å²) in [4.78, 5) is 10.3. The molecule has 1 N–H and O–H groups in total. The molecule has 0 saturated carbocycles. The van der Waals surface area contributed by atoms with Crippen LogP contribution in [0.4, 0.5) is 5.69 Å². The zero-order valence-electron chi connectivity index (χ0n) is 13.4. The molecule has 4 nitrogen and oxygen atoms in total. The van der Waals surface area contributed by atoms with Gasteiger partial charge in [-0.2, -0.15) is 0 Å². The molecule has 0 saturated heterocycles. The molecule has 23 heavy (non-hydrogen) atoms. The fourth-order valence-electron chi connectivity index (χ4n) is 2.79. The van der Waals surface area contributed by atoms with E-state index in [9.17, 15) is 10.1 Å². The second-order valence-electron chi connectivity index (χ2n) is 5.57. The third-order valence-electron chi connectivity index (χ3n) is 4.38. The molecule has 0 amide bonds. The maximum Gasteiger partial charge on any atom is 0.269 e. The first-order valence-corrected chi connectivity index (χ1v) is 8.13. The van der Waals surface area contributed by atoms with Crippen molar-refractivity contribution in [3.05, 3.63) is 74.8 Å². The number of hydrogen-bond donors (Lipinski definition) is 1.